The van der Waals surface area contributed by atoms with Crippen molar-refractivity contribution in [2.75, 3.05) is 11.9 Å². The molecule has 1 amide bonds. The van der Waals surface area contributed by atoms with Gasteiger partial charge in [0.05, 0.1) is 5.56 Å². The average Bonchev–Trinajstić information content (AvgIpc) is 2.95. The number of hydrogen-bond donors (Lipinski definition) is 3. The number of aryl methyl sites for hydroxylation is 1. The van der Waals surface area contributed by atoms with Crippen LogP contribution in [0.4, 0.5) is 5.00 Å². The topological polar surface area (TPSA) is 64.6 Å². The van der Waals surface area contributed by atoms with Crippen molar-refractivity contribution >= 4 is 44.8 Å². The number of anilines is 1. The van der Waals surface area contributed by atoms with E-state index in [2.05, 4.69) is 52.0 Å². The van der Waals surface area contributed by atoms with E-state index in [1.807, 2.05) is 19.1 Å². The lowest BCUT2D eigenvalue weighted by molar-refractivity contribution is 0.0934. The van der Waals surface area contributed by atoms with Crippen molar-refractivity contribution in [2.45, 2.75) is 45.9 Å². The number of carbonyl (C=O) groups is 1. The van der Waals surface area contributed by atoms with Crippen LogP contribution in [0.5, 0.6) is 5.75 Å². The van der Waals surface area contributed by atoms with Gasteiger partial charge in [0.15, 0.2) is 0 Å². The Bertz CT molecular complexity index is 893. The molecule has 5 nitrogen and oxygen atoms in total. The van der Waals surface area contributed by atoms with Crippen LogP contribution in [0.2, 0.25) is 0 Å². The SMILES string of the molecule is Cc1cc(I)cc(C2NC(=O)c3c(sc4c3CCN(C(C)C)C4)N2)c1O. The molecule has 2 aromatic rings. The maximum Gasteiger partial charge on any atom is 0.256 e. The number of benzene rings is 1. The Morgan fingerprint density at radius 2 is 2.12 bits per heavy atom. The van der Waals surface area contributed by atoms with E-state index in [9.17, 15) is 9.90 Å². The Morgan fingerprint density at radius 3 is 2.85 bits per heavy atom. The molecule has 0 spiro atoms. The average molecular weight is 483 g/mol. The molecule has 0 fully saturated rings. The fourth-order valence-electron chi connectivity index (χ4n) is 3.71. The molecular weight excluding hydrogens is 461 g/mol. The van der Waals surface area contributed by atoms with E-state index in [1.165, 1.54) is 10.4 Å². The van der Waals surface area contributed by atoms with Gasteiger partial charge in [0.1, 0.15) is 16.9 Å². The van der Waals surface area contributed by atoms with Crippen LogP contribution in [0.3, 0.4) is 0 Å². The molecule has 1 unspecified atom stereocenters. The van der Waals surface area contributed by atoms with Gasteiger partial charge >= 0.3 is 0 Å². The summed E-state index contributed by atoms with van der Waals surface area (Å²) in [5.41, 5.74) is 3.51. The van der Waals surface area contributed by atoms with Crippen molar-refractivity contribution in [3.63, 3.8) is 0 Å². The molecule has 2 aliphatic rings. The molecule has 7 heteroatoms. The normalized spacial score (nSPS) is 19.7. The number of phenolic OH excluding ortho intramolecular Hbond substituents is 1. The quantitative estimate of drug-likeness (QED) is 0.566. The molecule has 0 saturated carbocycles. The van der Waals surface area contributed by atoms with Gasteiger partial charge in [-0.1, -0.05) is 0 Å². The van der Waals surface area contributed by atoms with Crippen molar-refractivity contribution in [1.29, 1.82) is 0 Å². The van der Waals surface area contributed by atoms with E-state index >= 15 is 0 Å². The summed E-state index contributed by atoms with van der Waals surface area (Å²) in [7, 11) is 0. The van der Waals surface area contributed by atoms with Gasteiger partial charge in [-0.15, -0.1) is 11.3 Å². The predicted octanol–water partition coefficient (Wildman–Crippen LogP) is 3.99. The summed E-state index contributed by atoms with van der Waals surface area (Å²) >= 11 is 3.91. The second-order valence-electron chi connectivity index (χ2n) is 7.23. The summed E-state index contributed by atoms with van der Waals surface area (Å²) in [5.74, 6) is 0.189. The molecule has 0 saturated heterocycles. The summed E-state index contributed by atoms with van der Waals surface area (Å²) in [4.78, 5) is 16.6. The van der Waals surface area contributed by atoms with E-state index in [0.29, 0.717) is 11.6 Å². The third-order valence-electron chi connectivity index (χ3n) is 5.20. The van der Waals surface area contributed by atoms with Crippen LogP contribution in [0.25, 0.3) is 0 Å². The number of thiophene rings is 1. The number of nitrogens with one attached hydrogen (secondary N) is 2. The third-order valence-corrected chi connectivity index (χ3v) is 6.97. The molecule has 26 heavy (non-hydrogen) atoms. The number of halogens is 1. The molecule has 138 valence electrons. The molecular formula is C19H22IN3O2S. The number of rotatable bonds is 2. The maximum atomic E-state index is 12.9. The van der Waals surface area contributed by atoms with E-state index in [4.69, 9.17) is 0 Å². The Kier molecular flexibility index (Phi) is 4.65. The number of fused-ring (bicyclic) bond motifs is 3. The smallest absolute Gasteiger partial charge is 0.256 e. The lowest BCUT2D eigenvalue weighted by Gasteiger charge is -2.31. The lowest BCUT2D eigenvalue weighted by atomic mass is 9.99. The first-order chi connectivity index (χ1) is 12.3. The van der Waals surface area contributed by atoms with Gasteiger partial charge in [0.25, 0.3) is 5.91 Å². The highest BCUT2D eigenvalue weighted by molar-refractivity contribution is 14.1. The van der Waals surface area contributed by atoms with Crippen molar-refractivity contribution in [3.8, 4) is 5.75 Å². The molecule has 4 rings (SSSR count). The lowest BCUT2D eigenvalue weighted by Crippen LogP contribution is -2.39. The fourth-order valence-corrected chi connectivity index (χ4v) is 5.81. The van der Waals surface area contributed by atoms with Crippen molar-refractivity contribution < 1.29 is 9.90 Å². The summed E-state index contributed by atoms with van der Waals surface area (Å²) < 4.78 is 1.03. The van der Waals surface area contributed by atoms with Crippen molar-refractivity contribution in [2.24, 2.45) is 0 Å². The van der Waals surface area contributed by atoms with E-state index < -0.39 is 6.17 Å². The molecule has 0 radical (unpaired) electrons. The minimum Gasteiger partial charge on any atom is -0.507 e. The standard InChI is InChI=1S/C19H22IN3O2S/c1-9(2)23-5-4-12-14(8-23)26-19-15(12)18(25)21-17(22-19)13-7-11(20)6-10(3)16(13)24/h6-7,9,17,22,24H,4-5,8H2,1-3H3,(H,21,25). The first-order valence-corrected chi connectivity index (χ1v) is 10.7. The fraction of sp³-hybridized carbons (Fsp3) is 0.421. The Balaban J connectivity index is 1.69. The van der Waals surface area contributed by atoms with Crippen LogP contribution in [-0.2, 0) is 13.0 Å². The highest BCUT2D eigenvalue weighted by Gasteiger charge is 2.34. The molecule has 3 N–H and O–H groups in total. The molecule has 3 heterocycles. The Labute approximate surface area is 170 Å². The van der Waals surface area contributed by atoms with Gasteiger partial charge in [-0.05, 0) is 73.0 Å². The van der Waals surface area contributed by atoms with E-state index in [1.54, 1.807) is 11.3 Å². The van der Waals surface area contributed by atoms with Crippen LogP contribution in [0, 0.1) is 10.5 Å². The second-order valence-corrected chi connectivity index (χ2v) is 9.58. The second kappa shape index (κ2) is 6.69. The largest absolute Gasteiger partial charge is 0.507 e. The third kappa shape index (κ3) is 2.99. The molecule has 0 bridgehead atoms. The van der Waals surface area contributed by atoms with Gasteiger partial charge in [0, 0.05) is 33.1 Å². The van der Waals surface area contributed by atoms with Gasteiger partial charge in [-0.2, -0.15) is 0 Å². The first kappa shape index (κ1) is 18.1. The number of carbonyl (C=O) groups excluding carboxylic acids is 1. The summed E-state index contributed by atoms with van der Waals surface area (Å²) in [6, 6.07) is 4.35. The number of hydrogen-bond acceptors (Lipinski definition) is 5. The summed E-state index contributed by atoms with van der Waals surface area (Å²) in [6.45, 7) is 8.18. The summed E-state index contributed by atoms with van der Waals surface area (Å²) in [6.07, 6.45) is 0.497. The maximum absolute atomic E-state index is 12.9. The highest BCUT2D eigenvalue weighted by Crippen LogP contribution is 2.42. The number of aromatic hydroxyl groups is 1. The molecule has 2 aliphatic heterocycles. The van der Waals surface area contributed by atoms with Crippen molar-refractivity contribution in [3.05, 3.63) is 42.8 Å². The zero-order chi connectivity index (χ0) is 18.6. The Hall–Kier alpha value is -1.32. The first-order valence-electron chi connectivity index (χ1n) is 8.80. The van der Waals surface area contributed by atoms with Gasteiger partial charge < -0.3 is 15.7 Å². The highest BCUT2D eigenvalue weighted by atomic mass is 127. The van der Waals surface area contributed by atoms with Gasteiger partial charge in [-0.25, -0.2) is 0 Å². The van der Waals surface area contributed by atoms with Crippen LogP contribution >= 0.6 is 33.9 Å². The monoisotopic (exact) mass is 483 g/mol. The van der Waals surface area contributed by atoms with E-state index in [-0.39, 0.29) is 11.7 Å². The minimum atomic E-state index is -0.412. The molecule has 0 aliphatic carbocycles. The minimum absolute atomic E-state index is 0.0461. The van der Waals surface area contributed by atoms with Gasteiger partial charge in [0.2, 0.25) is 0 Å². The van der Waals surface area contributed by atoms with Crippen LogP contribution < -0.4 is 10.6 Å². The number of amides is 1. The zero-order valence-corrected chi connectivity index (χ0v) is 18.0. The summed E-state index contributed by atoms with van der Waals surface area (Å²) in [5, 5.41) is 17.9. The predicted molar refractivity (Wildman–Crippen MR) is 113 cm³/mol. The van der Waals surface area contributed by atoms with Crippen LogP contribution in [0.15, 0.2) is 12.1 Å². The molecule has 1 aromatic heterocycles. The Morgan fingerprint density at radius 1 is 1.35 bits per heavy atom. The molecule has 1 aromatic carbocycles. The van der Waals surface area contributed by atoms with Gasteiger partial charge in [-0.3, -0.25) is 9.69 Å². The molecule has 1 atom stereocenters. The zero-order valence-electron chi connectivity index (χ0n) is 15.0. The van der Waals surface area contributed by atoms with Crippen LogP contribution in [0.1, 0.15) is 51.9 Å². The van der Waals surface area contributed by atoms with E-state index in [0.717, 1.165) is 39.2 Å². The number of nitrogens with zero attached hydrogens (tertiary/aromatic N) is 1. The van der Waals surface area contributed by atoms with Crippen molar-refractivity contribution in [1.82, 2.24) is 10.2 Å². The van der Waals surface area contributed by atoms with Crippen LogP contribution in [-0.4, -0.2) is 28.5 Å². The number of phenols is 1.